The summed E-state index contributed by atoms with van der Waals surface area (Å²) in [6, 6.07) is 16.6. The molecule has 2 aromatic rings. The van der Waals surface area contributed by atoms with Crippen molar-refractivity contribution >= 4 is 0 Å². The predicted molar refractivity (Wildman–Crippen MR) is 80.4 cm³/mol. The Morgan fingerprint density at radius 1 is 0.842 bits per heavy atom. The Bertz CT molecular complexity index is 508. The summed E-state index contributed by atoms with van der Waals surface area (Å²) >= 11 is 0. The van der Waals surface area contributed by atoms with E-state index in [1.165, 1.54) is 16.7 Å². The average Bonchev–Trinajstić information content (AvgIpc) is 2.41. The minimum Gasteiger partial charge on any atom is -0.388 e. The van der Waals surface area contributed by atoms with Crippen molar-refractivity contribution in [1.29, 1.82) is 0 Å². The van der Waals surface area contributed by atoms with Gasteiger partial charge in [0.15, 0.2) is 0 Å². The van der Waals surface area contributed by atoms with Crippen molar-refractivity contribution in [2.75, 3.05) is 0 Å². The molecule has 2 aromatic carbocycles. The maximum absolute atomic E-state index is 10.3. The van der Waals surface area contributed by atoms with Crippen LogP contribution in [-0.4, -0.2) is 5.11 Å². The van der Waals surface area contributed by atoms with Gasteiger partial charge in [0.25, 0.3) is 0 Å². The molecule has 0 spiro atoms. The highest BCUT2D eigenvalue weighted by atomic mass is 16.3. The summed E-state index contributed by atoms with van der Waals surface area (Å²) in [6.45, 7) is 6.43. The van der Waals surface area contributed by atoms with Crippen LogP contribution in [0.2, 0.25) is 0 Å². The largest absolute Gasteiger partial charge is 0.388 e. The number of rotatable bonds is 4. The van der Waals surface area contributed by atoms with E-state index in [0.29, 0.717) is 12.3 Å². The zero-order valence-electron chi connectivity index (χ0n) is 11.9. The van der Waals surface area contributed by atoms with Gasteiger partial charge in [-0.2, -0.15) is 0 Å². The quantitative estimate of drug-likeness (QED) is 0.857. The highest BCUT2D eigenvalue weighted by Crippen LogP contribution is 2.21. The number of benzene rings is 2. The molecule has 1 atom stereocenters. The van der Waals surface area contributed by atoms with Crippen LogP contribution in [0.25, 0.3) is 0 Å². The Morgan fingerprint density at radius 2 is 1.37 bits per heavy atom. The van der Waals surface area contributed by atoms with Crippen LogP contribution < -0.4 is 0 Å². The molecule has 0 aliphatic heterocycles. The maximum atomic E-state index is 10.3. The molecule has 0 saturated heterocycles. The second kappa shape index (κ2) is 6.03. The van der Waals surface area contributed by atoms with Gasteiger partial charge < -0.3 is 5.11 Å². The van der Waals surface area contributed by atoms with Crippen molar-refractivity contribution in [2.45, 2.75) is 39.2 Å². The fraction of sp³-hybridized carbons (Fsp3) is 0.333. The first-order valence-corrected chi connectivity index (χ1v) is 6.89. The van der Waals surface area contributed by atoms with E-state index in [-0.39, 0.29) is 0 Å². The molecule has 0 radical (unpaired) electrons. The minimum atomic E-state index is -0.427. The van der Waals surface area contributed by atoms with E-state index >= 15 is 0 Å². The Morgan fingerprint density at radius 3 is 1.89 bits per heavy atom. The molecule has 1 N–H and O–H groups in total. The third-order valence-corrected chi connectivity index (χ3v) is 3.54. The van der Waals surface area contributed by atoms with E-state index in [1.54, 1.807) is 0 Å². The molecular formula is C18H22O. The van der Waals surface area contributed by atoms with Gasteiger partial charge in [-0.25, -0.2) is 0 Å². The first-order chi connectivity index (χ1) is 9.06. The molecule has 2 rings (SSSR count). The molecule has 0 bridgehead atoms. The summed E-state index contributed by atoms with van der Waals surface area (Å²) in [7, 11) is 0. The second-order valence-corrected chi connectivity index (χ2v) is 5.53. The van der Waals surface area contributed by atoms with Gasteiger partial charge in [-0.15, -0.1) is 0 Å². The van der Waals surface area contributed by atoms with Crippen molar-refractivity contribution in [3.8, 4) is 0 Å². The van der Waals surface area contributed by atoms with Gasteiger partial charge in [0, 0.05) is 6.42 Å². The standard InChI is InChI=1S/C18H22O/c1-13(2)16-8-10-17(11-9-16)18(19)12-15-6-4-14(3)5-7-15/h4-11,13,18-19H,12H2,1-3H3. The van der Waals surface area contributed by atoms with Crippen molar-refractivity contribution in [1.82, 2.24) is 0 Å². The minimum absolute atomic E-state index is 0.427. The van der Waals surface area contributed by atoms with Gasteiger partial charge in [-0.1, -0.05) is 67.9 Å². The summed E-state index contributed by atoms with van der Waals surface area (Å²) < 4.78 is 0. The van der Waals surface area contributed by atoms with Crippen molar-refractivity contribution in [3.63, 3.8) is 0 Å². The summed E-state index contributed by atoms with van der Waals surface area (Å²) in [5.74, 6) is 0.531. The number of hydrogen-bond donors (Lipinski definition) is 1. The van der Waals surface area contributed by atoms with Gasteiger partial charge in [0.1, 0.15) is 0 Å². The SMILES string of the molecule is Cc1ccc(CC(O)c2ccc(C(C)C)cc2)cc1. The van der Waals surface area contributed by atoms with Crippen molar-refractivity contribution in [2.24, 2.45) is 0 Å². The third-order valence-electron chi connectivity index (χ3n) is 3.54. The summed E-state index contributed by atoms with van der Waals surface area (Å²) in [5.41, 5.74) is 4.72. The van der Waals surface area contributed by atoms with Crippen molar-refractivity contribution < 1.29 is 5.11 Å². The molecule has 0 aliphatic carbocycles. The van der Waals surface area contributed by atoms with E-state index in [0.717, 1.165) is 5.56 Å². The number of aryl methyl sites for hydroxylation is 1. The number of aliphatic hydroxyl groups excluding tert-OH is 1. The molecule has 0 saturated carbocycles. The molecule has 0 heterocycles. The van der Waals surface area contributed by atoms with Crippen LogP contribution in [0.4, 0.5) is 0 Å². The van der Waals surface area contributed by atoms with E-state index in [4.69, 9.17) is 0 Å². The van der Waals surface area contributed by atoms with E-state index in [9.17, 15) is 5.11 Å². The topological polar surface area (TPSA) is 20.2 Å². The van der Waals surface area contributed by atoms with Crippen LogP contribution in [0.3, 0.4) is 0 Å². The molecule has 19 heavy (non-hydrogen) atoms. The fourth-order valence-corrected chi connectivity index (χ4v) is 2.17. The Balaban J connectivity index is 2.07. The summed E-state index contributed by atoms with van der Waals surface area (Å²) in [4.78, 5) is 0. The molecule has 100 valence electrons. The van der Waals surface area contributed by atoms with E-state index < -0.39 is 6.10 Å². The van der Waals surface area contributed by atoms with E-state index in [1.807, 2.05) is 12.1 Å². The molecule has 1 heteroatoms. The highest BCUT2D eigenvalue weighted by molar-refractivity contribution is 5.28. The van der Waals surface area contributed by atoms with Crippen LogP contribution in [-0.2, 0) is 6.42 Å². The van der Waals surface area contributed by atoms with Crippen LogP contribution in [0.5, 0.6) is 0 Å². The highest BCUT2D eigenvalue weighted by Gasteiger charge is 2.09. The lowest BCUT2D eigenvalue weighted by molar-refractivity contribution is 0.178. The van der Waals surface area contributed by atoms with Crippen LogP contribution in [0.1, 0.15) is 48.1 Å². The zero-order chi connectivity index (χ0) is 13.8. The molecule has 0 amide bonds. The Labute approximate surface area is 115 Å². The van der Waals surface area contributed by atoms with Crippen molar-refractivity contribution in [3.05, 3.63) is 70.8 Å². The lowest BCUT2D eigenvalue weighted by Crippen LogP contribution is -2.02. The van der Waals surface area contributed by atoms with Crippen LogP contribution in [0.15, 0.2) is 48.5 Å². The second-order valence-electron chi connectivity index (χ2n) is 5.53. The molecule has 0 aliphatic rings. The number of hydrogen-bond acceptors (Lipinski definition) is 1. The van der Waals surface area contributed by atoms with Gasteiger partial charge in [-0.3, -0.25) is 0 Å². The predicted octanol–water partition coefficient (Wildman–Crippen LogP) is 4.39. The van der Waals surface area contributed by atoms with Crippen LogP contribution in [0, 0.1) is 6.92 Å². The lowest BCUT2D eigenvalue weighted by atomic mass is 9.97. The summed E-state index contributed by atoms with van der Waals surface area (Å²) in [6.07, 6.45) is 0.241. The monoisotopic (exact) mass is 254 g/mol. The van der Waals surface area contributed by atoms with Crippen LogP contribution >= 0.6 is 0 Å². The average molecular weight is 254 g/mol. The Kier molecular flexibility index (Phi) is 4.39. The van der Waals surface area contributed by atoms with Gasteiger partial charge in [0.05, 0.1) is 6.10 Å². The zero-order valence-corrected chi connectivity index (χ0v) is 11.9. The smallest absolute Gasteiger partial charge is 0.0830 e. The lowest BCUT2D eigenvalue weighted by Gasteiger charge is -2.13. The fourth-order valence-electron chi connectivity index (χ4n) is 2.17. The number of aliphatic hydroxyl groups is 1. The normalized spacial score (nSPS) is 12.7. The molecule has 0 fully saturated rings. The molecule has 1 unspecified atom stereocenters. The first-order valence-electron chi connectivity index (χ1n) is 6.89. The first kappa shape index (κ1) is 13.8. The van der Waals surface area contributed by atoms with Gasteiger partial charge >= 0.3 is 0 Å². The summed E-state index contributed by atoms with van der Waals surface area (Å²) in [5, 5.41) is 10.3. The van der Waals surface area contributed by atoms with Gasteiger partial charge in [-0.05, 0) is 29.5 Å². The molecule has 1 nitrogen and oxygen atoms in total. The van der Waals surface area contributed by atoms with Gasteiger partial charge in [0.2, 0.25) is 0 Å². The van der Waals surface area contributed by atoms with E-state index in [2.05, 4.69) is 57.2 Å². The molecular weight excluding hydrogens is 232 g/mol. The third kappa shape index (κ3) is 3.68. The maximum Gasteiger partial charge on any atom is 0.0830 e. The molecule has 0 aromatic heterocycles. The Hall–Kier alpha value is -1.60.